The van der Waals surface area contributed by atoms with E-state index in [9.17, 15) is 14.0 Å². The molecular weight excluding hydrogens is 305 g/mol. The number of benzene rings is 2. The van der Waals surface area contributed by atoms with Crippen LogP contribution in [0.4, 0.5) is 4.39 Å². The lowest BCUT2D eigenvalue weighted by Gasteiger charge is -2.13. The highest BCUT2D eigenvalue weighted by Crippen LogP contribution is 2.19. The van der Waals surface area contributed by atoms with Gasteiger partial charge in [-0.3, -0.25) is 14.5 Å². The predicted octanol–water partition coefficient (Wildman–Crippen LogP) is 4.23. The highest BCUT2D eigenvalue weighted by atomic mass is 19.1. The zero-order chi connectivity index (χ0) is 16.9. The van der Waals surface area contributed by atoms with Gasteiger partial charge in [0.1, 0.15) is 5.82 Å². The third kappa shape index (κ3) is 3.99. The summed E-state index contributed by atoms with van der Waals surface area (Å²) in [6.07, 6.45) is 5.52. The molecule has 2 aromatic carbocycles. The van der Waals surface area contributed by atoms with Gasteiger partial charge in [0.2, 0.25) is 11.8 Å². The lowest BCUT2D eigenvalue weighted by atomic mass is 10.0. The van der Waals surface area contributed by atoms with Crippen LogP contribution < -0.4 is 0 Å². The van der Waals surface area contributed by atoms with E-state index in [1.807, 2.05) is 12.1 Å². The summed E-state index contributed by atoms with van der Waals surface area (Å²) < 4.78 is 13.2. The Bertz CT molecular complexity index is 756. The molecule has 1 aliphatic heterocycles. The standard InChI is InChI=1S/C20H22FNO2/c21-18-11-10-16-13-15(8-9-17(16)14-18)5-2-1-3-6-19(23)22-12-4-7-20(22)24/h8-11,13-14H,1-7,12H2. The molecule has 0 aromatic heterocycles. The maximum Gasteiger partial charge on any atom is 0.229 e. The molecule has 0 N–H and O–H groups in total. The fraction of sp³-hybridized carbons (Fsp3) is 0.400. The van der Waals surface area contributed by atoms with Crippen molar-refractivity contribution in [1.82, 2.24) is 4.90 Å². The topological polar surface area (TPSA) is 37.4 Å². The summed E-state index contributed by atoms with van der Waals surface area (Å²) in [5.41, 5.74) is 1.23. The highest BCUT2D eigenvalue weighted by Gasteiger charge is 2.25. The van der Waals surface area contributed by atoms with Crippen molar-refractivity contribution < 1.29 is 14.0 Å². The number of rotatable bonds is 6. The van der Waals surface area contributed by atoms with Crippen molar-refractivity contribution in [3.8, 4) is 0 Å². The molecule has 1 aliphatic rings. The largest absolute Gasteiger partial charge is 0.283 e. The van der Waals surface area contributed by atoms with Crippen LogP contribution in [0.5, 0.6) is 0 Å². The summed E-state index contributed by atoms with van der Waals surface area (Å²) >= 11 is 0. The Hall–Kier alpha value is -2.23. The van der Waals surface area contributed by atoms with Crippen LogP contribution in [-0.2, 0) is 16.0 Å². The number of likely N-dealkylation sites (tertiary alicyclic amines) is 1. The number of halogens is 1. The number of amides is 2. The molecule has 1 heterocycles. The van der Waals surface area contributed by atoms with E-state index in [1.165, 1.54) is 16.5 Å². The Morgan fingerprint density at radius 2 is 1.83 bits per heavy atom. The van der Waals surface area contributed by atoms with Crippen molar-refractivity contribution >= 4 is 22.6 Å². The molecule has 24 heavy (non-hydrogen) atoms. The SMILES string of the molecule is O=C(CCCCCc1ccc2cc(F)ccc2c1)N1CCCC1=O. The number of imide groups is 1. The maximum atomic E-state index is 13.2. The number of unbranched alkanes of at least 4 members (excludes halogenated alkanes) is 2. The molecule has 2 aromatic rings. The molecule has 1 saturated heterocycles. The first-order valence-corrected chi connectivity index (χ1v) is 8.65. The summed E-state index contributed by atoms with van der Waals surface area (Å²) in [4.78, 5) is 24.8. The minimum Gasteiger partial charge on any atom is -0.283 e. The van der Waals surface area contributed by atoms with E-state index in [-0.39, 0.29) is 17.6 Å². The van der Waals surface area contributed by atoms with E-state index in [0.29, 0.717) is 19.4 Å². The van der Waals surface area contributed by atoms with Gasteiger partial charge in [-0.25, -0.2) is 4.39 Å². The van der Waals surface area contributed by atoms with Crippen LogP contribution in [0, 0.1) is 5.82 Å². The number of hydrogen-bond acceptors (Lipinski definition) is 2. The van der Waals surface area contributed by atoms with Crippen molar-refractivity contribution in [1.29, 1.82) is 0 Å². The van der Waals surface area contributed by atoms with E-state index in [2.05, 4.69) is 6.07 Å². The smallest absolute Gasteiger partial charge is 0.229 e. The van der Waals surface area contributed by atoms with Gasteiger partial charge in [-0.05, 0) is 54.2 Å². The van der Waals surface area contributed by atoms with Crippen molar-refractivity contribution in [2.45, 2.75) is 44.9 Å². The quantitative estimate of drug-likeness (QED) is 0.745. The molecule has 1 fully saturated rings. The summed E-state index contributed by atoms with van der Waals surface area (Å²) in [5, 5.41) is 1.97. The van der Waals surface area contributed by atoms with Crippen LogP contribution >= 0.6 is 0 Å². The Kier molecular flexibility index (Phi) is 5.24. The number of aryl methyl sites for hydroxylation is 1. The molecule has 3 nitrogen and oxygen atoms in total. The van der Waals surface area contributed by atoms with Gasteiger partial charge >= 0.3 is 0 Å². The van der Waals surface area contributed by atoms with Crippen LogP contribution in [0.2, 0.25) is 0 Å². The molecule has 0 saturated carbocycles. The van der Waals surface area contributed by atoms with Gasteiger partial charge in [-0.15, -0.1) is 0 Å². The van der Waals surface area contributed by atoms with Crippen LogP contribution in [-0.4, -0.2) is 23.3 Å². The molecule has 4 heteroatoms. The molecule has 2 amide bonds. The first-order chi connectivity index (χ1) is 11.6. The van der Waals surface area contributed by atoms with Crippen molar-refractivity contribution in [2.24, 2.45) is 0 Å². The number of carbonyl (C=O) groups is 2. The van der Waals surface area contributed by atoms with E-state index in [1.54, 1.807) is 12.1 Å². The second-order valence-electron chi connectivity index (χ2n) is 6.43. The van der Waals surface area contributed by atoms with Gasteiger partial charge < -0.3 is 0 Å². The Morgan fingerprint density at radius 3 is 2.62 bits per heavy atom. The van der Waals surface area contributed by atoms with Crippen LogP contribution in [0.25, 0.3) is 10.8 Å². The van der Waals surface area contributed by atoms with E-state index < -0.39 is 0 Å². The number of fused-ring (bicyclic) bond motifs is 1. The monoisotopic (exact) mass is 327 g/mol. The highest BCUT2D eigenvalue weighted by molar-refractivity contribution is 5.96. The van der Waals surface area contributed by atoms with E-state index in [0.717, 1.165) is 42.9 Å². The zero-order valence-corrected chi connectivity index (χ0v) is 13.8. The molecule has 126 valence electrons. The Labute approximate surface area is 141 Å². The number of hydrogen-bond donors (Lipinski definition) is 0. The molecule has 0 unspecified atom stereocenters. The second-order valence-corrected chi connectivity index (χ2v) is 6.43. The number of nitrogens with zero attached hydrogens (tertiary/aromatic N) is 1. The maximum absolute atomic E-state index is 13.2. The lowest BCUT2D eigenvalue weighted by Crippen LogP contribution is -2.31. The van der Waals surface area contributed by atoms with Gasteiger partial charge in [0.15, 0.2) is 0 Å². The molecule has 0 bridgehead atoms. The average Bonchev–Trinajstić information content (AvgIpc) is 3.00. The molecule has 3 rings (SSSR count). The van der Waals surface area contributed by atoms with Crippen LogP contribution in [0.15, 0.2) is 36.4 Å². The van der Waals surface area contributed by atoms with E-state index >= 15 is 0 Å². The lowest BCUT2D eigenvalue weighted by molar-refractivity contribution is -0.141. The molecule has 0 aliphatic carbocycles. The van der Waals surface area contributed by atoms with Crippen molar-refractivity contribution in [2.75, 3.05) is 6.54 Å². The first-order valence-electron chi connectivity index (χ1n) is 8.65. The van der Waals surface area contributed by atoms with Crippen LogP contribution in [0.3, 0.4) is 0 Å². The third-order valence-corrected chi connectivity index (χ3v) is 4.60. The first kappa shape index (κ1) is 16.6. The Balaban J connectivity index is 1.42. The molecule has 0 radical (unpaired) electrons. The van der Waals surface area contributed by atoms with Gasteiger partial charge in [-0.2, -0.15) is 0 Å². The van der Waals surface area contributed by atoms with Gasteiger partial charge in [-0.1, -0.05) is 30.7 Å². The molecular formula is C20H22FNO2. The van der Waals surface area contributed by atoms with Gasteiger partial charge in [0.25, 0.3) is 0 Å². The van der Waals surface area contributed by atoms with Crippen molar-refractivity contribution in [3.63, 3.8) is 0 Å². The third-order valence-electron chi connectivity index (χ3n) is 4.60. The summed E-state index contributed by atoms with van der Waals surface area (Å²) in [6, 6.07) is 10.9. The molecule has 0 spiro atoms. The summed E-state index contributed by atoms with van der Waals surface area (Å²) in [6.45, 7) is 0.593. The zero-order valence-electron chi connectivity index (χ0n) is 13.8. The number of carbonyl (C=O) groups excluding carboxylic acids is 2. The Morgan fingerprint density at radius 1 is 1.04 bits per heavy atom. The summed E-state index contributed by atoms with van der Waals surface area (Å²) in [7, 11) is 0. The normalized spacial score (nSPS) is 14.5. The van der Waals surface area contributed by atoms with Crippen molar-refractivity contribution in [3.05, 3.63) is 47.8 Å². The predicted molar refractivity (Wildman–Crippen MR) is 92.0 cm³/mol. The minimum atomic E-state index is -0.212. The van der Waals surface area contributed by atoms with Gasteiger partial charge in [0.05, 0.1) is 0 Å². The van der Waals surface area contributed by atoms with Gasteiger partial charge in [0, 0.05) is 19.4 Å². The van der Waals surface area contributed by atoms with Crippen LogP contribution in [0.1, 0.15) is 44.1 Å². The minimum absolute atomic E-state index is 0.0207. The summed E-state index contributed by atoms with van der Waals surface area (Å²) in [5.74, 6) is -0.255. The fourth-order valence-corrected chi connectivity index (χ4v) is 3.25. The molecule has 0 atom stereocenters. The second kappa shape index (κ2) is 7.56. The average molecular weight is 327 g/mol. The van der Waals surface area contributed by atoms with E-state index in [4.69, 9.17) is 0 Å². The fourth-order valence-electron chi connectivity index (χ4n) is 3.25.